The third-order valence-electron chi connectivity index (χ3n) is 2.95. The number of anilines is 1. The first-order valence-electron chi connectivity index (χ1n) is 5.83. The molecule has 1 fully saturated rings. The highest BCUT2D eigenvalue weighted by Crippen LogP contribution is 2.17. The molecule has 0 radical (unpaired) electrons. The van der Waals surface area contributed by atoms with Crippen molar-refractivity contribution >= 4 is 23.0 Å². The van der Waals surface area contributed by atoms with Gasteiger partial charge in [0.1, 0.15) is 10.8 Å². The molecule has 0 amide bonds. The molecule has 0 bridgehead atoms. The highest BCUT2D eigenvalue weighted by molar-refractivity contribution is 7.80. The molecule has 92 valence electrons. The van der Waals surface area contributed by atoms with Gasteiger partial charge in [-0.1, -0.05) is 19.1 Å². The maximum absolute atomic E-state index is 5.64. The summed E-state index contributed by atoms with van der Waals surface area (Å²) >= 11 is 4.98. The summed E-state index contributed by atoms with van der Waals surface area (Å²) in [5.41, 5.74) is 6.49. The minimum Gasteiger partial charge on any atom is -0.389 e. The number of rotatable bonds is 3. The molecule has 17 heavy (non-hydrogen) atoms. The fourth-order valence-electron chi connectivity index (χ4n) is 1.92. The molecular formula is C12H17N3OS. The smallest absolute Gasteiger partial charge is 0.129 e. The maximum Gasteiger partial charge on any atom is 0.129 e. The summed E-state index contributed by atoms with van der Waals surface area (Å²) in [5, 5.41) is 0. The molecule has 0 spiro atoms. The molecule has 0 aromatic carbocycles. The van der Waals surface area contributed by atoms with Crippen LogP contribution in [0.2, 0.25) is 0 Å². The molecule has 2 heterocycles. The minimum atomic E-state index is 0.291. The Kier molecular flexibility index (Phi) is 3.91. The Morgan fingerprint density at radius 1 is 1.71 bits per heavy atom. The average molecular weight is 251 g/mol. The Hall–Kier alpha value is -1.20. The van der Waals surface area contributed by atoms with E-state index in [1.165, 1.54) is 0 Å². The number of nitrogens with zero attached hydrogens (tertiary/aromatic N) is 2. The number of aromatic nitrogens is 1. The molecule has 0 aliphatic carbocycles. The van der Waals surface area contributed by atoms with Crippen LogP contribution < -0.4 is 10.6 Å². The van der Waals surface area contributed by atoms with Crippen molar-refractivity contribution in [3.8, 4) is 0 Å². The van der Waals surface area contributed by atoms with E-state index in [-0.39, 0.29) is 0 Å². The normalized spacial score (nSPS) is 20.3. The van der Waals surface area contributed by atoms with E-state index in [1.54, 1.807) is 6.20 Å². The maximum atomic E-state index is 5.64. The zero-order valence-corrected chi connectivity index (χ0v) is 10.7. The fraction of sp³-hybridized carbons (Fsp3) is 0.500. The van der Waals surface area contributed by atoms with Crippen molar-refractivity contribution in [2.75, 3.05) is 24.6 Å². The molecule has 2 rings (SSSR count). The summed E-state index contributed by atoms with van der Waals surface area (Å²) in [6, 6.07) is 3.78. The predicted molar refractivity (Wildman–Crippen MR) is 72.4 cm³/mol. The molecule has 4 nitrogen and oxygen atoms in total. The largest absolute Gasteiger partial charge is 0.389 e. The van der Waals surface area contributed by atoms with Gasteiger partial charge in [-0.05, 0) is 18.6 Å². The lowest BCUT2D eigenvalue weighted by atomic mass is 10.2. The topological polar surface area (TPSA) is 51.4 Å². The van der Waals surface area contributed by atoms with E-state index < -0.39 is 0 Å². The van der Waals surface area contributed by atoms with Crippen molar-refractivity contribution < 1.29 is 4.74 Å². The van der Waals surface area contributed by atoms with Crippen LogP contribution in [-0.4, -0.2) is 35.8 Å². The van der Waals surface area contributed by atoms with Crippen molar-refractivity contribution in [2.24, 2.45) is 5.73 Å². The number of hydrogen-bond acceptors (Lipinski definition) is 4. The lowest BCUT2D eigenvalue weighted by Crippen LogP contribution is -2.42. The van der Waals surface area contributed by atoms with E-state index in [0.717, 1.165) is 37.5 Å². The van der Waals surface area contributed by atoms with Crippen molar-refractivity contribution in [3.63, 3.8) is 0 Å². The third-order valence-corrected chi connectivity index (χ3v) is 3.18. The van der Waals surface area contributed by atoms with Crippen LogP contribution >= 0.6 is 12.2 Å². The zero-order chi connectivity index (χ0) is 12.3. The fourth-order valence-corrected chi connectivity index (χ4v) is 2.05. The molecule has 1 aliphatic rings. The summed E-state index contributed by atoms with van der Waals surface area (Å²) in [5.74, 6) is 0.928. The van der Waals surface area contributed by atoms with Crippen molar-refractivity contribution in [3.05, 3.63) is 23.9 Å². The minimum absolute atomic E-state index is 0.291. The number of thiocarbonyl (C=S) groups is 1. The third kappa shape index (κ3) is 2.92. The lowest BCUT2D eigenvalue weighted by Gasteiger charge is -2.33. The van der Waals surface area contributed by atoms with Gasteiger partial charge < -0.3 is 15.4 Å². The van der Waals surface area contributed by atoms with Crippen LogP contribution in [0.1, 0.15) is 18.9 Å². The Balaban J connectivity index is 2.16. The van der Waals surface area contributed by atoms with Gasteiger partial charge in [-0.15, -0.1) is 0 Å². The molecule has 1 aliphatic heterocycles. The zero-order valence-electron chi connectivity index (χ0n) is 9.93. The predicted octanol–water partition coefficient (Wildman–Crippen LogP) is 1.33. The molecule has 5 heteroatoms. The van der Waals surface area contributed by atoms with Crippen molar-refractivity contribution in [1.82, 2.24) is 4.98 Å². The molecule has 0 saturated carbocycles. The second-order valence-corrected chi connectivity index (χ2v) is 4.55. The highest BCUT2D eigenvalue weighted by atomic mass is 32.1. The molecule has 2 N–H and O–H groups in total. The molecule has 1 saturated heterocycles. The Morgan fingerprint density at radius 2 is 2.53 bits per heavy atom. The molecule has 1 unspecified atom stereocenters. The van der Waals surface area contributed by atoms with Gasteiger partial charge in [0.25, 0.3) is 0 Å². The van der Waals surface area contributed by atoms with E-state index in [4.69, 9.17) is 22.7 Å². The van der Waals surface area contributed by atoms with Crippen LogP contribution in [0.25, 0.3) is 0 Å². The Labute approximate surface area is 107 Å². The summed E-state index contributed by atoms with van der Waals surface area (Å²) in [4.78, 5) is 7.00. The van der Waals surface area contributed by atoms with E-state index in [2.05, 4.69) is 16.8 Å². The van der Waals surface area contributed by atoms with Crippen LogP contribution in [0.15, 0.2) is 18.3 Å². The van der Waals surface area contributed by atoms with Crippen LogP contribution in [0.5, 0.6) is 0 Å². The standard InChI is InChI=1S/C12H17N3OS/c1-2-10-8-15(5-6-16-10)11-7-9(12(13)17)3-4-14-11/h3-4,7,10H,2,5-6,8H2,1H3,(H2,13,17). The first kappa shape index (κ1) is 12.3. The number of nitrogens with two attached hydrogens (primary N) is 1. The second-order valence-electron chi connectivity index (χ2n) is 4.11. The monoisotopic (exact) mass is 251 g/mol. The second kappa shape index (κ2) is 5.42. The molecule has 1 atom stereocenters. The van der Waals surface area contributed by atoms with Gasteiger partial charge in [0.15, 0.2) is 0 Å². The van der Waals surface area contributed by atoms with E-state index in [1.807, 2.05) is 12.1 Å². The Morgan fingerprint density at radius 3 is 3.24 bits per heavy atom. The summed E-state index contributed by atoms with van der Waals surface area (Å²) < 4.78 is 5.64. The van der Waals surface area contributed by atoms with Crippen LogP contribution in [0.4, 0.5) is 5.82 Å². The number of pyridine rings is 1. The van der Waals surface area contributed by atoms with Gasteiger partial charge >= 0.3 is 0 Å². The van der Waals surface area contributed by atoms with Crippen molar-refractivity contribution in [1.29, 1.82) is 0 Å². The number of hydrogen-bond donors (Lipinski definition) is 1. The SMILES string of the molecule is CCC1CN(c2cc(C(N)=S)ccn2)CCO1. The lowest BCUT2D eigenvalue weighted by molar-refractivity contribution is 0.0381. The van der Waals surface area contributed by atoms with Gasteiger partial charge in [-0.3, -0.25) is 0 Å². The summed E-state index contributed by atoms with van der Waals surface area (Å²) in [6.45, 7) is 4.62. The van der Waals surface area contributed by atoms with E-state index in [0.29, 0.717) is 11.1 Å². The van der Waals surface area contributed by atoms with E-state index in [9.17, 15) is 0 Å². The molecular weight excluding hydrogens is 234 g/mol. The molecule has 1 aromatic rings. The van der Waals surface area contributed by atoms with E-state index >= 15 is 0 Å². The summed E-state index contributed by atoms with van der Waals surface area (Å²) in [6.07, 6.45) is 3.06. The first-order valence-corrected chi connectivity index (χ1v) is 6.24. The van der Waals surface area contributed by atoms with Gasteiger partial charge in [0.2, 0.25) is 0 Å². The van der Waals surface area contributed by atoms with Crippen molar-refractivity contribution in [2.45, 2.75) is 19.4 Å². The van der Waals surface area contributed by atoms with Crippen LogP contribution in [-0.2, 0) is 4.74 Å². The number of morpholine rings is 1. The van der Waals surface area contributed by atoms with Gasteiger partial charge in [0, 0.05) is 24.8 Å². The molecule has 1 aromatic heterocycles. The average Bonchev–Trinajstić information content (AvgIpc) is 2.39. The highest BCUT2D eigenvalue weighted by Gasteiger charge is 2.20. The summed E-state index contributed by atoms with van der Waals surface area (Å²) in [7, 11) is 0. The first-order chi connectivity index (χ1) is 8.20. The van der Waals surface area contributed by atoms with Gasteiger partial charge in [-0.25, -0.2) is 4.98 Å². The quantitative estimate of drug-likeness (QED) is 0.821. The Bertz CT molecular complexity index is 410. The van der Waals surface area contributed by atoms with Crippen LogP contribution in [0, 0.1) is 0 Å². The van der Waals surface area contributed by atoms with Gasteiger partial charge in [-0.2, -0.15) is 0 Å². The van der Waals surface area contributed by atoms with Gasteiger partial charge in [0.05, 0.1) is 12.7 Å². The van der Waals surface area contributed by atoms with Crippen LogP contribution in [0.3, 0.4) is 0 Å². The number of ether oxygens (including phenoxy) is 1.